The molecule has 3 aromatic rings. The zero-order valence-corrected chi connectivity index (χ0v) is 13.0. The van der Waals surface area contributed by atoms with Crippen molar-refractivity contribution in [3.63, 3.8) is 0 Å². The van der Waals surface area contributed by atoms with Crippen LogP contribution in [-0.4, -0.2) is 40.2 Å². The predicted octanol–water partition coefficient (Wildman–Crippen LogP) is 1.99. The predicted molar refractivity (Wildman–Crippen MR) is 91.8 cm³/mol. The van der Waals surface area contributed by atoms with E-state index in [1.54, 1.807) is 0 Å². The van der Waals surface area contributed by atoms with Crippen molar-refractivity contribution in [3.05, 3.63) is 24.5 Å². The van der Waals surface area contributed by atoms with Gasteiger partial charge in [-0.15, -0.1) is 0 Å². The van der Waals surface area contributed by atoms with E-state index in [2.05, 4.69) is 25.6 Å². The molecule has 1 saturated heterocycles. The summed E-state index contributed by atoms with van der Waals surface area (Å²) >= 11 is 0. The molecule has 1 fully saturated rings. The molecule has 2 aromatic heterocycles. The van der Waals surface area contributed by atoms with Gasteiger partial charge in [0.2, 0.25) is 0 Å². The van der Waals surface area contributed by atoms with Crippen LogP contribution >= 0.6 is 0 Å². The van der Waals surface area contributed by atoms with Gasteiger partial charge in [-0.25, -0.2) is 14.8 Å². The first-order valence-corrected chi connectivity index (χ1v) is 7.88. The number of rotatable bonds is 2. The summed E-state index contributed by atoms with van der Waals surface area (Å²) in [6, 6.07) is 5.54. The molecule has 3 heterocycles. The quantitative estimate of drug-likeness (QED) is 0.574. The van der Waals surface area contributed by atoms with Crippen LogP contribution in [0.25, 0.3) is 21.9 Å². The minimum atomic E-state index is -0.230. The number of nitrogens with one attached hydrogen (secondary N) is 3. The van der Waals surface area contributed by atoms with Gasteiger partial charge in [-0.05, 0) is 18.9 Å². The third kappa shape index (κ3) is 2.61. The Kier molecular flexibility index (Phi) is 3.66. The summed E-state index contributed by atoms with van der Waals surface area (Å²) in [5.41, 5.74) is 8.06. The second kappa shape index (κ2) is 5.97. The highest BCUT2D eigenvalue weighted by Crippen LogP contribution is 2.31. The Morgan fingerprint density at radius 2 is 2.12 bits per heavy atom. The van der Waals surface area contributed by atoms with E-state index in [9.17, 15) is 4.79 Å². The third-order valence-corrected chi connectivity index (χ3v) is 4.26. The SMILES string of the molecule is Nc1ncnc2[nH]c3c(NC(=O)NC4CCOCC4)cccc3c12. The van der Waals surface area contributed by atoms with Crippen LogP contribution in [0.4, 0.5) is 16.3 Å². The number of aromatic amines is 1. The number of ether oxygens (including phenoxy) is 1. The number of H-pyrrole nitrogens is 1. The summed E-state index contributed by atoms with van der Waals surface area (Å²) < 4.78 is 5.30. The van der Waals surface area contributed by atoms with Crippen molar-refractivity contribution in [1.82, 2.24) is 20.3 Å². The number of amides is 2. The number of anilines is 2. The summed E-state index contributed by atoms with van der Waals surface area (Å²) in [7, 11) is 0. The highest BCUT2D eigenvalue weighted by molar-refractivity contribution is 6.15. The van der Waals surface area contributed by atoms with Crippen molar-refractivity contribution < 1.29 is 9.53 Å². The Bertz CT molecular complexity index is 900. The molecule has 124 valence electrons. The Labute approximate surface area is 137 Å². The average molecular weight is 326 g/mol. The zero-order chi connectivity index (χ0) is 16.5. The van der Waals surface area contributed by atoms with Gasteiger partial charge in [-0.1, -0.05) is 12.1 Å². The van der Waals surface area contributed by atoms with Gasteiger partial charge >= 0.3 is 6.03 Å². The van der Waals surface area contributed by atoms with E-state index in [0.717, 1.165) is 29.1 Å². The molecule has 1 aliphatic heterocycles. The minimum Gasteiger partial charge on any atom is -0.383 e. The number of para-hydroxylation sites is 1. The maximum Gasteiger partial charge on any atom is 0.319 e. The van der Waals surface area contributed by atoms with E-state index in [1.807, 2.05) is 18.2 Å². The van der Waals surface area contributed by atoms with Gasteiger partial charge in [0.1, 0.15) is 17.8 Å². The molecule has 1 aliphatic rings. The first kappa shape index (κ1) is 14.7. The van der Waals surface area contributed by atoms with Gasteiger partial charge in [-0.3, -0.25) is 0 Å². The van der Waals surface area contributed by atoms with Gasteiger partial charge in [0.05, 0.1) is 16.6 Å². The number of benzene rings is 1. The number of hydrogen-bond acceptors (Lipinski definition) is 5. The normalized spacial score (nSPS) is 15.7. The molecule has 1 aromatic carbocycles. The van der Waals surface area contributed by atoms with Crippen LogP contribution in [-0.2, 0) is 4.74 Å². The molecule has 8 nitrogen and oxygen atoms in total. The fourth-order valence-corrected chi connectivity index (χ4v) is 3.06. The molecule has 4 rings (SSSR count). The van der Waals surface area contributed by atoms with E-state index in [4.69, 9.17) is 10.5 Å². The summed E-state index contributed by atoms with van der Waals surface area (Å²) in [4.78, 5) is 23.7. The standard InChI is InChI=1S/C16H18N6O2/c17-14-12-10-2-1-3-11(13(10)22-15(12)19-8-18-14)21-16(23)20-9-4-6-24-7-5-9/h1-3,8-9H,4-7H2,(H2,20,21,23)(H3,17,18,19,22). The van der Waals surface area contributed by atoms with Gasteiger partial charge < -0.3 is 26.1 Å². The molecule has 0 unspecified atom stereocenters. The molecule has 0 bridgehead atoms. The topological polar surface area (TPSA) is 118 Å². The maximum absolute atomic E-state index is 12.3. The Morgan fingerprint density at radius 3 is 2.96 bits per heavy atom. The summed E-state index contributed by atoms with van der Waals surface area (Å²) in [5, 5.41) is 7.53. The Morgan fingerprint density at radius 1 is 1.29 bits per heavy atom. The number of nitrogens with zero attached hydrogens (tertiary/aromatic N) is 2. The van der Waals surface area contributed by atoms with Crippen molar-refractivity contribution >= 4 is 39.5 Å². The highest BCUT2D eigenvalue weighted by atomic mass is 16.5. The second-order valence-corrected chi connectivity index (χ2v) is 5.82. The number of urea groups is 1. The monoisotopic (exact) mass is 326 g/mol. The second-order valence-electron chi connectivity index (χ2n) is 5.82. The van der Waals surface area contributed by atoms with E-state index in [1.165, 1.54) is 6.33 Å². The van der Waals surface area contributed by atoms with Gasteiger partial charge in [0.25, 0.3) is 0 Å². The third-order valence-electron chi connectivity index (χ3n) is 4.26. The molecule has 0 spiro atoms. The molecule has 24 heavy (non-hydrogen) atoms. The number of hydrogen-bond donors (Lipinski definition) is 4. The van der Waals surface area contributed by atoms with Crippen molar-refractivity contribution in [1.29, 1.82) is 0 Å². The molecule has 0 saturated carbocycles. The van der Waals surface area contributed by atoms with Crippen LogP contribution in [0, 0.1) is 0 Å². The maximum atomic E-state index is 12.3. The van der Waals surface area contributed by atoms with Crippen LogP contribution in [0.1, 0.15) is 12.8 Å². The lowest BCUT2D eigenvalue weighted by atomic mass is 10.1. The molecule has 0 radical (unpaired) electrons. The molecular formula is C16H18N6O2. The smallest absolute Gasteiger partial charge is 0.319 e. The van der Waals surface area contributed by atoms with Gasteiger partial charge in [0, 0.05) is 24.6 Å². The lowest BCUT2D eigenvalue weighted by molar-refractivity contribution is 0.0806. The highest BCUT2D eigenvalue weighted by Gasteiger charge is 2.17. The number of nitrogen functional groups attached to an aromatic ring is 1. The number of aromatic nitrogens is 3. The van der Waals surface area contributed by atoms with Crippen molar-refractivity contribution in [2.75, 3.05) is 24.3 Å². The fourth-order valence-electron chi connectivity index (χ4n) is 3.06. The Balaban J connectivity index is 1.63. The van der Waals surface area contributed by atoms with Crippen LogP contribution in [0.5, 0.6) is 0 Å². The Hall–Kier alpha value is -2.87. The minimum absolute atomic E-state index is 0.141. The van der Waals surface area contributed by atoms with E-state index >= 15 is 0 Å². The molecule has 8 heteroatoms. The van der Waals surface area contributed by atoms with Crippen molar-refractivity contribution in [2.45, 2.75) is 18.9 Å². The lowest BCUT2D eigenvalue weighted by Crippen LogP contribution is -2.41. The summed E-state index contributed by atoms with van der Waals surface area (Å²) in [6.45, 7) is 1.36. The van der Waals surface area contributed by atoms with E-state index < -0.39 is 0 Å². The number of fused-ring (bicyclic) bond motifs is 3. The van der Waals surface area contributed by atoms with Crippen LogP contribution in [0.15, 0.2) is 24.5 Å². The van der Waals surface area contributed by atoms with Crippen molar-refractivity contribution in [3.8, 4) is 0 Å². The molecule has 5 N–H and O–H groups in total. The largest absolute Gasteiger partial charge is 0.383 e. The van der Waals surface area contributed by atoms with Crippen LogP contribution in [0.3, 0.4) is 0 Å². The number of carbonyl (C=O) groups is 1. The van der Waals surface area contributed by atoms with E-state index in [-0.39, 0.29) is 12.1 Å². The fraction of sp³-hybridized carbons (Fsp3) is 0.312. The molecule has 2 amide bonds. The molecule has 0 aliphatic carbocycles. The first-order valence-electron chi connectivity index (χ1n) is 7.88. The summed E-state index contributed by atoms with van der Waals surface area (Å²) in [6.07, 6.45) is 3.07. The average Bonchev–Trinajstić information content (AvgIpc) is 2.97. The first-order chi connectivity index (χ1) is 11.7. The van der Waals surface area contributed by atoms with Gasteiger partial charge in [0.15, 0.2) is 0 Å². The number of carbonyl (C=O) groups excluding carboxylic acids is 1. The van der Waals surface area contributed by atoms with E-state index in [0.29, 0.717) is 30.4 Å². The summed E-state index contributed by atoms with van der Waals surface area (Å²) in [5.74, 6) is 0.412. The van der Waals surface area contributed by atoms with Crippen LogP contribution < -0.4 is 16.4 Å². The van der Waals surface area contributed by atoms with Crippen molar-refractivity contribution in [2.24, 2.45) is 0 Å². The van der Waals surface area contributed by atoms with Gasteiger partial charge in [-0.2, -0.15) is 0 Å². The molecular weight excluding hydrogens is 308 g/mol. The van der Waals surface area contributed by atoms with Crippen LogP contribution in [0.2, 0.25) is 0 Å². The number of nitrogens with two attached hydrogens (primary N) is 1. The zero-order valence-electron chi connectivity index (χ0n) is 13.0. The molecule has 0 atom stereocenters. The lowest BCUT2D eigenvalue weighted by Gasteiger charge is -2.23.